The van der Waals surface area contributed by atoms with Gasteiger partial charge in [-0.2, -0.15) is 5.10 Å². The molecular weight excluding hydrogens is 280 g/mol. The molecule has 0 N–H and O–H groups in total. The molecule has 2 heterocycles. The van der Waals surface area contributed by atoms with Gasteiger partial charge in [0.25, 0.3) is 0 Å². The lowest BCUT2D eigenvalue weighted by Gasteiger charge is -2.17. The molecule has 17 heavy (non-hydrogen) atoms. The average Bonchev–Trinajstić information content (AvgIpc) is 2.68. The summed E-state index contributed by atoms with van der Waals surface area (Å²) in [4.78, 5) is 6.50. The monoisotopic (exact) mass is 294 g/mol. The van der Waals surface area contributed by atoms with Crippen LogP contribution in [0, 0.1) is 6.92 Å². The van der Waals surface area contributed by atoms with E-state index >= 15 is 0 Å². The maximum Gasteiger partial charge on any atom is 0.128 e. The highest BCUT2D eigenvalue weighted by Gasteiger charge is 2.06. The van der Waals surface area contributed by atoms with Crippen molar-refractivity contribution in [3.63, 3.8) is 0 Å². The Balaban J connectivity index is 2.14. The molecule has 5 heteroatoms. The Labute approximate surface area is 109 Å². The molecule has 0 spiro atoms. The summed E-state index contributed by atoms with van der Waals surface area (Å²) in [6.07, 6.45) is 5.73. The first-order chi connectivity index (χ1) is 8.06. The highest BCUT2D eigenvalue weighted by Crippen LogP contribution is 2.20. The smallest absolute Gasteiger partial charge is 0.128 e. The highest BCUT2D eigenvalue weighted by molar-refractivity contribution is 9.10. The Morgan fingerprint density at radius 2 is 2.18 bits per heavy atom. The number of nitrogens with zero attached hydrogens (tertiary/aromatic N) is 4. The fraction of sp³-hybridized carbons (Fsp3) is 0.333. The highest BCUT2D eigenvalue weighted by atomic mass is 79.9. The van der Waals surface area contributed by atoms with Crippen LogP contribution in [0.1, 0.15) is 11.1 Å². The van der Waals surface area contributed by atoms with Gasteiger partial charge in [0.15, 0.2) is 0 Å². The SMILES string of the molecule is Cc1cc(N(C)Cc2cnn(C)c2)ncc1Br. The molecule has 0 aliphatic rings. The number of rotatable bonds is 3. The van der Waals surface area contributed by atoms with Gasteiger partial charge >= 0.3 is 0 Å². The van der Waals surface area contributed by atoms with E-state index in [1.54, 1.807) is 0 Å². The average molecular weight is 295 g/mol. The Bertz CT molecular complexity index is 521. The molecule has 4 nitrogen and oxygen atoms in total. The number of hydrogen-bond donors (Lipinski definition) is 0. The molecule has 90 valence electrons. The van der Waals surface area contributed by atoms with Crippen LogP contribution in [0.25, 0.3) is 0 Å². The van der Waals surface area contributed by atoms with E-state index in [1.807, 2.05) is 37.4 Å². The number of aromatic nitrogens is 3. The first kappa shape index (κ1) is 12.1. The molecular formula is C12H15BrN4. The predicted octanol–water partition coefficient (Wildman–Crippen LogP) is 2.52. The van der Waals surface area contributed by atoms with E-state index in [2.05, 4.69) is 43.9 Å². The van der Waals surface area contributed by atoms with E-state index in [-0.39, 0.29) is 0 Å². The Kier molecular flexibility index (Phi) is 3.47. The molecule has 0 radical (unpaired) electrons. The van der Waals surface area contributed by atoms with Gasteiger partial charge in [0.1, 0.15) is 5.82 Å². The lowest BCUT2D eigenvalue weighted by molar-refractivity contribution is 0.766. The van der Waals surface area contributed by atoms with Crippen LogP contribution < -0.4 is 4.90 Å². The van der Waals surface area contributed by atoms with Crippen molar-refractivity contribution in [1.29, 1.82) is 0 Å². The van der Waals surface area contributed by atoms with Crippen molar-refractivity contribution in [3.05, 3.63) is 40.3 Å². The summed E-state index contributed by atoms with van der Waals surface area (Å²) in [7, 11) is 3.95. The van der Waals surface area contributed by atoms with E-state index in [1.165, 1.54) is 11.1 Å². The van der Waals surface area contributed by atoms with Gasteiger partial charge in [0.05, 0.1) is 6.20 Å². The molecule has 0 aromatic carbocycles. The summed E-state index contributed by atoms with van der Waals surface area (Å²) in [5.74, 6) is 0.967. The minimum Gasteiger partial charge on any atom is -0.355 e. The number of halogens is 1. The summed E-state index contributed by atoms with van der Waals surface area (Å²) >= 11 is 3.45. The summed E-state index contributed by atoms with van der Waals surface area (Å²) < 4.78 is 2.85. The third kappa shape index (κ3) is 2.85. The molecule has 0 amide bonds. The molecule has 0 atom stereocenters. The van der Waals surface area contributed by atoms with Crippen molar-refractivity contribution in [2.45, 2.75) is 13.5 Å². The molecule has 0 aliphatic carbocycles. The largest absolute Gasteiger partial charge is 0.355 e. The van der Waals surface area contributed by atoms with Crippen LogP contribution >= 0.6 is 15.9 Å². The first-order valence-electron chi connectivity index (χ1n) is 5.37. The summed E-state index contributed by atoms with van der Waals surface area (Å²) in [5, 5.41) is 4.16. The van der Waals surface area contributed by atoms with Crippen LogP contribution in [-0.4, -0.2) is 21.8 Å². The second-order valence-corrected chi connectivity index (χ2v) is 5.02. The van der Waals surface area contributed by atoms with Crippen molar-refractivity contribution < 1.29 is 0 Å². The van der Waals surface area contributed by atoms with Gasteiger partial charge < -0.3 is 4.90 Å². The summed E-state index contributed by atoms with van der Waals surface area (Å²) in [5.41, 5.74) is 2.37. The molecule has 0 saturated carbocycles. The zero-order chi connectivity index (χ0) is 12.4. The number of hydrogen-bond acceptors (Lipinski definition) is 3. The van der Waals surface area contributed by atoms with Gasteiger partial charge in [0, 0.05) is 43.1 Å². The molecule has 0 saturated heterocycles. The summed E-state index contributed by atoms with van der Waals surface area (Å²) in [6.45, 7) is 2.87. The van der Waals surface area contributed by atoms with E-state index in [9.17, 15) is 0 Å². The maximum atomic E-state index is 4.39. The van der Waals surface area contributed by atoms with E-state index in [0.717, 1.165) is 16.8 Å². The minimum atomic E-state index is 0.807. The minimum absolute atomic E-state index is 0.807. The fourth-order valence-electron chi connectivity index (χ4n) is 1.64. The normalized spacial score (nSPS) is 10.6. The molecule has 0 unspecified atom stereocenters. The predicted molar refractivity (Wildman–Crippen MR) is 72.0 cm³/mol. The molecule has 0 fully saturated rings. The third-order valence-electron chi connectivity index (χ3n) is 2.60. The third-order valence-corrected chi connectivity index (χ3v) is 3.43. The second-order valence-electron chi connectivity index (χ2n) is 4.17. The number of pyridine rings is 1. The lowest BCUT2D eigenvalue weighted by Crippen LogP contribution is -2.17. The van der Waals surface area contributed by atoms with Gasteiger partial charge in [-0.25, -0.2) is 4.98 Å². The Morgan fingerprint density at radius 3 is 2.76 bits per heavy atom. The van der Waals surface area contributed by atoms with Gasteiger partial charge in [-0.05, 0) is 34.5 Å². The summed E-state index contributed by atoms with van der Waals surface area (Å²) in [6, 6.07) is 2.07. The van der Waals surface area contributed by atoms with Gasteiger partial charge in [-0.15, -0.1) is 0 Å². The maximum absolute atomic E-state index is 4.39. The van der Waals surface area contributed by atoms with E-state index in [0.29, 0.717) is 0 Å². The quantitative estimate of drug-likeness (QED) is 0.872. The lowest BCUT2D eigenvalue weighted by atomic mass is 10.3. The first-order valence-corrected chi connectivity index (χ1v) is 6.16. The molecule has 2 aromatic rings. The van der Waals surface area contributed by atoms with Crippen LogP contribution in [-0.2, 0) is 13.6 Å². The van der Waals surface area contributed by atoms with Crippen LogP contribution in [0.3, 0.4) is 0 Å². The Hall–Kier alpha value is -1.36. The zero-order valence-corrected chi connectivity index (χ0v) is 11.8. The second kappa shape index (κ2) is 4.87. The topological polar surface area (TPSA) is 34.0 Å². The Morgan fingerprint density at radius 1 is 1.41 bits per heavy atom. The van der Waals surface area contributed by atoms with Gasteiger partial charge in [-0.3, -0.25) is 4.68 Å². The van der Waals surface area contributed by atoms with Crippen LogP contribution in [0.15, 0.2) is 29.1 Å². The van der Waals surface area contributed by atoms with Crippen LogP contribution in [0.4, 0.5) is 5.82 Å². The van der Waals surface area contributed by atoms with Crippen molar-refractivity contribution >= 4 is 21.7 Å². The van der Waals surface area contributed by atoms with Crippen molar-refractivity contribution in [1.82, 2.24) is 14.8 Å². The fourth-order valence-corrected chi connectivity index (χ4v) is 1.86. The molecule has 0 bridgehead atoms. The number of aryl methyl sites for hydroxylation is 2. The van der Waals surface area contributed by atoms with Gasteiger partial charge in [-0.1, -0.05) is 0 Å². The van der Waals surface area contributed by atoms with Crippen molar-refractivity contribution in [2.75, 3.05) is 11.9 Å². The molecule has 2 aromatic heterocycles. The van der Waals surface area contributed by atoms with Gasteiger partial charge in [0.2, 0.25) is 0 Å². The number of anilines is 1. The standard InChI is InChI=1S/C12H15BrN4/c1-9-4-12(14-6-11(9)13)16(2)7-10-5-15-17(3)8-10/h4-6,8H,7H2,1-3H3. The molecule has 2 rings (SSSR count). The van der Waals surface area contributed by atoms with E-state index in [4.69, 9.17) is 0 Å². The van der Waals surface area contributed by atoms with Crippen LogP contribution in [0.2, 0.25) is 0 Å². The van der Waals surface area contributed by atoms with Crippen LogP contribution in [0.5, 0.6) is 0 Å². The van der Waals surface area contributed by atoms with Crippen molar-refractivity contribution in [2.24, 2.45) is 7.05 Å². The zero-order valence-electron chi connectivity index (χ0n) is 10.2. The molecule has 0 aliphatic heterocycles. The van der Waals surface area contributed by atoms with Crippen molar-refractivity contribution in [3.8, 4) is 0 Å². The van der Waals surface area contributed by atoms with E-state index < -0.39 is 0 Å².